The second kappa shape index (κ2) is 112. The molecule has 3 nitrogen and oxygen atoms in total. The second-order valence-electron chi connectivity index (χ2n) is 0. The molecule has 8 heavy (non-hydrogen) atoms. The molecule has 0 amide bonds. The van der Waals surface area contributed by atoms with Crippen molar-refractivity contribution in [1.29, 1.82) is 0 Å². The maximum atomic E-state index is 0. The minimum atomic E-state index is 0. The zero-order chi connectivity index (χ0) is 0. The van der Waals surface area contributed by atoms with E-state index in [0.717, 1.165) is 0 Å². The third kappa shape index (κ3) is 77.7. The molecule has 0 saturated heterocycles. The van der Waals surface area contributed by atoms with E-state index in [4.69, 9.17) is 0 Å². The van der Waals surface area contributed by atoms with Crippen molar-refractivity contribution in [3.05, 3.63) is 0 Å². The van der Waals surface area contributed by atoms with E-state index >= 15 is 0 Å². The Morgan fingerprint density at radius 2 is 0.625 bits per heavy atom. The summed E-state index contributed by atoms with van der Waals surface area (Å²) in [5.41, 5.74) is 0. The first kappa shape index (κ1) is 154. The van der Waals surface area contributed by atoms with Crippen LogP contribution in [0.3, 0.4) is 0 Å². The summed E-state index contributed by atoms with van der Waals surface area (Å²) in [6, 6.07) is 0. The Morgan fingerprint density at radius 1 is 0.625 bits per heavy atom. The fourth-order valence-corrected chi connectivity index (χ4v) is 0. The topological polar surface area (TPSA) is 94.5 Å². The van der Waals surface area contributed by atoms with Gasteiger partial charge in [0.2, 0.25) is 0 Å². The van der Waals surface area contributed by atoms with Crippen LogP contribution in [0.1, 0.15) is 0 Å². The van der Waals surface area contributed by atoms with Gasteiger partial charge in [-0.05, 0) is 0 Å². The smallest absolute Gasteiger partial charge is 0.187 e. The molecule has 2 radical (unpaired) electrons. The zero-order valence-electron chi connectivity index (χ0n) is 2.45. The molecule has 0 aromatic heterocycles. The molecule has 0 bridgehead atoms. The maximum Gasteiger partial charge on any atom is 0.187 e. The third-order valence-corrected chi connectivity index (χ3v) is 0. The molecule has 0 fully saturated rings. The fraction of sp³-hybridized carbons (Fsp3) is 0. The number of hydrogen-bond donors (Lipinski definition) is 0. The maximum absolute atomic E-state index is 0. The van der Waals surface area contributed by atoms with Crippen LogP contribution in [0.4, 0.5) is 0 Å². The quantitative estimate of drug-likeness (QED) is 0.401. The standard InChI is InChI=1S/2Al.Co.Cu.Ni.3H2O.6H/h;;;;;3*1H2;;;;;;. The normalized spacial score (nSPS) is 0. The molecular formula is H12Al2CoCuNiO3. The summed E-state index contributed by atoms with van der Waals surface area (Å²) in [6.07, 6.45) is 0. The molecule has 6 N–H and O–H groups in total. The Hall–Kier alpha value is 2.46. The van der Waals surface area contributed by atoms with E-state index < -0.39 is 0 Å². The molecule has 0 saturated carbocycles. The van der Waals surface area contributed by atoms with Crippen molar-refractivity contribution in [2.45, 2.75) is 0 Å². The molecule has 8 heteroatoms. The molecule has 0 spiro atoms. The molecule has 0 rings (SSSR count). The van der Waals surface area contributed by atoms with Gasteiger partial charge in [0, 0.05) is 50.3 Å². The molecule has 0 aromatic rings. The van der Waals surface area contributed by atoms with Crippen LogP contribution >= 0.6 is 0 Å². The first-order chi connectivity index (χ1) is 0. The van der Waals surface area contributed by atoms with Crippen molar-refractivity contribution in [2.24, 2.45) is 0 Å². The first-order valence-electron chi connectivity index (χ1n) is 0. The summed E-state index contributed by atoms with van der Waals surface area (Å²) < 4.78 is 0. The van der Waals surface area contributed by atoms with E-state index in [1.807, 2.05) is 0 Å². The zero-order valence-corrected chi connectivity index (χ0v) is 5.42. The van der Waals surface area contributed by atoms with Crippen LogP contribution in [-0.4, -0.2) is 51.2 Å². The Kier molecular flexibility index (Phi) is 2150. The van der Waals surface area contributed by atoms with Gasteiger partial charge in [0.15, 0.2) is 34.7 Å². The van der Waals surface area contributed by atoms with Gasteiger partial charge in [-0.2, -0.15) is 0 Å². The van der Waals surface area contributed by atoms with Crippen molar-refractivity contribution in [3.8, 4) is 0 Å². The Labute approximate surface area is 101 Å². The van der Waals surface area contributed by atoms with Crippen LogP contribution in [-0.2, 0) is 50.3 Å². The van der Waals surface area contributed by atoms with Crippen molar-refractivity contribution < 1.29 is 66.8 Å². The van der Waals surface area contributed by atoms with Crippen molar-refractivity contribution in [1.82, 2.24) is 0 Å². The Balaban J connectivity index is 0. The molecule has 0 heterocycles. The SMILES string of the molecule is O.O.O.[AlH3].[AlH3].[Co].[Cu].[Ni]. The summed E-state index contributed by atoms with van der Waals surface area (Å²) in [7, 11) is 0. The molecule has 0 aromatic carbocycles. The van der Waals surface area contributed by atoms with Crippen LogP contribution in [0.25, 0.3) is 0 Å². The van der Waals surface area contributed by atoms with Crippen molar-refractivity contribution in [2.75, 3.05) is 0 Å². The van der Waals surface area contributed by atoms with Crippen LogP contribution < -0.4 is 0 Å². The van der Waals surface area contributed by atoms with Gasteiger partial charge in [-0.3, -0.25) is 0 Å². The number of hydrogen-bond acceptors (Lipinski definition) is 0. The predicted molar refractivity (Wildman–Crippen MR) is 30.7 cm³/mol. The molecular weight excluding hydrogens is 283 g/mol. The van der Waals surface area contributed by atoms with Gasteiger partial charge < -0.3 is 16.4 Å². The predicted octanol–water partition coefficient (Wildman–Crippen LogP) is -4.85. The molecule has 0 aliphatic carbocycles. The first-order valence-corrected chi connectivity index (χ1v) is 0. The van der Waals surface area contributed by atoms with Crippen LogP contribution in [0, 0.1) is 0 Å². The molecule has 0 atom stereocenters. The van der Waals surface area contributed by atoms with Crippen molar-refractivity contribution >= 4 is 34.7 Å². The van der Waals surface area contributed by atoms with E-state index in [9.17, 15) is 0 Å². The summed E-state index contributed by atoms with van der Waals surface area (Å²) in [5, 5.41) is 0. The monoisotopic (exact) mass is 294 g/mol. The van der Waals surface area contributed by atoms with Gasteiger partial charge in [0.25, 0.3) is 0 Å². The number of rotatable bonds is 0. The largest absolute Gasteiger partial charge is 0.412 e. The van der Waals surface area contributed by atoms with Gasteiger partial charge >= 0.3 is 0 Å². The van der Waals surface area contributed by atoms with Gasteiger partial charge in [0.05, 0.1) is 0 Å². The summed E-state index contributed by atoms with van der Waals surface area (Å²) in [5.74, 6) is 0. The van der Waals surface area contributed by atoms with Gasteiger partial charge in [-0.25, -0.2) is 0 Å². The minimum Gasteiger partial charge on any atom is -0.412 e. The van der Waals surface area contributed by atoms with E-state index in [0.29, 0.717) is 0 Å². The molecule has 66 valence electrons. The average Bonchev–Trinajstić information content (AvgIpc) is 0. The average molecular weight is 295 g/mol. The third-order valence-electron chi connectivity index (χ3n) is 0. The fourth-order valence-electron chi connectivity index (χ4n) is 0. The van der Waals surface area contributed by atoms with E-state index in [1.54, 1.807) is 0 Å². The minimum absolute atomic E-state index is 0. The molecule has 0 unspecified atom stereocenters. The summed E-state index contributed by atoms with van der Waals surface area (Å²) >= 11 is 0. The van der Waals surface area contributed by atoms with Crippen LogP contribution in [0.2, 0.25) is 0 Å². The van der Waals surface area contributed by atoms with Crippen LogP contribution in [0.15, 0.2) is 0 Å². The second-order valence-corrected chi connectivity index (χ2v) is 0. The van der Waals surface area contributed by atoms with Crippen LogP contribution in [0.5, 0.6) is 0 Å². The summed E-state index contributed by atoms with van der Waals surface area (Å²) in [4.78, 5) is 0. The van der Waals surface area contributed by atoms with E-state index in [2.05, 4.69) is 0 Å². The summed E-state index contributed by atoms with van der Waals surface area (Å²) in [6.45, 7) is 0. The van der Waals surface area contributed by atoms with E-state index in [-0.39, 0.29) is 101 Å². The molecule has 0 aliphatic rings. The van der Waals surface area contributed by atoms with Gasteiger partial charge in [-0.1, -0.05) is 0 Å². The van der Waals surface area contributed by atoms with Crippen molar-refractivity contribution in [3.63, 3.8) is 0 Å². The van der Waals surface area contributed by atoms with Gasteiger partial charge in [-0.15, -0.1) is 0 Å². The molecule has 0 aliphatic heterocycles. The van der Waals surface area contributed by atoms with Gasteiger partial charge in [0.1, 0.15) is 0 Å². The van der Waals surface area contributed by atoms with E-state index in [1.165, 1.54) is 0 Å². The Bertz CT molecular complexity index is 17.2. The Morgan fingerprint density at radius 3 is 0.625 bits per heavy atom.